The summed E-state index contributed by atoms with van der Waals surface area (Å²) in [5.41, 5.74) is 0.970. The molecule has 1 amide bonds. The highest BCUT2D eigenvalue weighted by Gasteiger charge is 2.53. The Morgan fingerprint density at radius 3 is 2.22 bits per heavy atom. The zero-order chi connectivity index (χ0) is 50.2. The van der Waals surface area contributed by atoms with Gasteiger partial charge < -0.3 is 43.9 Å². The molecule has 378 valence electrons. The highest BCUT2D eigenvalue weighted by molar-refractivity contribution is 6.39. The van der Waals surface area contributed by atoms with Crippen molar-refractivity contribution in [3.05, 3.63) is 35.5 Å². The summed E-state index contributed by atoms with van der Waals surface area (Å²) in [6.45, 7) is 12.1. The molecule has 67 heavy (non-hydrogen) atoms. The van der Waals surface area contributed by atoms with E-state index in [9.17, 15) is 48.9 Å². The summed E-state index contributed by atoms with van der Waals surface area (Å²) in [4.78, 5) is 93.1. The number of allylic oxidation sites excluding steroid dienone is 4. The normalized spacial score (nSPS) is 28.9. The highest BCUT2D eigenvalue weighted by Crippen LogP contribution is 2.37. The Kier molecular flexibility index (Phi) is 23.6. The molecule has 0 aromatic carbocycles. The third-order valence-electron chi connectivity index (χ3n) is 14.3. The van der Waals surface area contributed by atoms with Crippen molar-refractivity contribution in [3.8, 4) is 0 Å². The van der Waals surface area contributed by atoms with Gasteiger partial charge in [-0.05, 0) is 119 Å². The molecule has 0 aromatic heterocycles. The van der Waals surface area contributed by atoms with E-state index in [0.717, 1.165) is 4.90 Å². The summed E-state index contributed by atoms with van der Waals surface area (Å²) >= 11 is 0. The number of amides is 1. The van der Waals surface area contributed by atoms with Crippen molar-refractivity contribution in [1.29, 1.82) is 0 Å². The average molecular weight is 946 g/mol. The molecule has 16 nitrogen and oxygen atoms in total. The lowest BCUT2D eigenvalue weighted by atomic mass is 9.78. The molecule has 16 heteroatoms. The monoisotopic (exact) mass is 946 g/mol. The van der Waals surface area contributed by atoms with Gasteiger partial charge >= 0.3 is 5.97 Å². The predicted molar refractivity (Wildman–Crippen MR) is 248 cm³/mol. The second-order valence-corrected chi connectivity index (χ2v) is 19.5. The highest BCUT2D eigenvalue weighted by atomic mass is 16.6. The minimum atomic E-state index is -2.48. The van der Waals surface area contributed by atoms with E-state index >= 15 is 0 Å². The number of rotatable bonds is 26. The zero-order valence-corrected chi connectivity index (χ0v) is 41.4. The number of ketones is 3. The first-order valence-electron chi connectivity index (χ1n) is 24.1. The molecule has 1 unspecified atom stereocenters. The van der Waals surface area contributed by atoms with E-state index in [1.54, 1.807) is 53.9 Å². The second-order valence-electron chi connectivity index (χ2n) is 19.5. The van der Waals surface area contributed by atoms with Gasteiger partial charge in [0.15, 0.2) is 5.78 Å². The van der Waals surface area contributed by atoms with Crippen LogP contribution in [0.3, 0.4) is 0 Å². The number of nitrogens with zero attached hydrogens (tertiary/aromatic N) is 1. The van der Waals surface area contributed by atoms with Crippen LogP contribution in [-0.4, -0.2) is 144 Å². The van der Waals surface area contributed by atoms with Crippen LogP contribution in [0.5, 0.6) is 0 Å². The lowest BCUT2D eigenvalue weighted by Crippen LogP contribution is -2.61. The third-order valence-corrected chi connectivity index (χ3v) is 14.3. The van der Waals surface area contributed by atoms with Crippen LogP contribution in [0.25, 0.3) is 0 Å². The van der Waals surface area contributed by atoms with Gasteiger partial charge in [-0.15, -0.1) is 0 Å². The number of esters is 1. The lowest BCUT2D eigenvalue weighted by molar-refractivity contribution is -0.265. The van der Waals surface area contributed by atoms with Crippen molar-refractivity contribution in [3.63, 3.8) is 0 Å². The van der Waals surface area contributed by atoms with Gasteiger partial charge in [0.2, 0.25) is 5.79 Å². The van der Waals surface area contributed by atoms with Gasteiger partial charge in [-0.25, -0.2) is 4.79 Å². The van der Waals surface area contributed by atoms with Crippen molar-refractivity contribution in [2.45, 2.75) is 180 Å². The Morgan fingerprint density at radius 2 is 1.60 bits per heavy atom. The number of carbonyl (C=O) groups excluding carboxylic acids is 7. The lowest BCUT2D eigenvalue weighted by Gasteiger charge is -2.42. The zero-order valence-electron chi connectivity index (χ0n) is 41.4. The minimum absolute atomic E-state index is 0.0467. The van der Waals surface area contributed by atoms with Crippen LogP contribution in [0.2, 0.25) is 0 Å². The van der Waals surface area contributed by atoms with Gasteiger partial charge in [0, 0.05) is 58.5 Å². The maximum absolute atomic E-state index is 14.4. The second kappa shape index (κ2) is 27.4. The van der Waals surface area contributed by atoms with E-state index in [1.165, 1.54) is 26.4 Å². The van der Waals surface area contributed by atoms with Crippen molar-refractivity contribution < 1.29 is 72.6 Å². The van der Waals surface area contributed by atoms with E-state index in [1.807, 2.05) is 13.8 Å². The standard InChI is InChI=1S/C51H79NO15/c1-30(14-13-22-53)24-34(5)45(57)47(65-10)46(58)35(6)25-32(3)41(56)29-43(33(4)26-37-17-19-40(55)44(27-37)64-9)66-50(61)39-15-11-12-21-52(39)49(60)48(59)51(62)36(7)16-18-38(67-51)28-42(63-8)31(2)20-23-54/h13-14,20,22-23,25,30,32-34,36-40,42-44,46-47,55,58,62H,11-12,15-19,21,24,26-29H2,1-10H3/b14-13+,31-20+,35-25+/t30-,32-,33-,34-,36-,37?,38+,39+,40-,42+,43+,44-,46-,47+,51-/m1/s1. The maximum atomic E-state index is 14.4. The number of aliphatic hydroxyl groups excluding tert-OH is 2. The van der Waals surface area contributed by atoms with Crippen molar-refractivity contribution in [1.82, 2.24) is 4.90 Å². The van der Waals surface area contributed by atoms with Crippen LogP contribution < -0.4 is 0 Å². The summed E-state index contributed by atoms with van der Waals surface area (Å²) in [7, 11) is 4.35. The largest absolute Gasteiger partial charge is 0.460 e. The van der Waals surface area contributed by atoms with Crippen LogP contribution in [0.4, 0.5) is 0 Å². The number of Topliss-reactive ketones (excluding diaryl/α,β-unsaturated/α-hetero) is 3. The smallest absolute Gasteiger partial charge is 0.329 e. The summed E-state index contributed by atoms with van der Waals surface area (Å²) < 4.78 is 28.8. The number of hydrogen-bond donors (Lipinski definition) is 3. The molecule has 2 heterocycles. The summed E-state index contributed by atoms with van der Waals surface area (Å²) in [6.07, 6.45) is 6.39. The molecule has 15 atom stereocenters. The fourth-order valence-corrected chi connectivity index (χ4v) is 9.93. The van der Waals surface area contributed by atoms with Gasteiger partial charge in [0.1, 0.15) is 42.7 Å². The Balaban J connectivity index is 1.85. The Bertz CT molecular complexity index is 1780. The number of methoxy groups -OCH3 is 3. The van der Waals surface area contributed by atoms with Crippen LogP contribution in [-0.2, 0) is 57.2 Å². The molecule has 0 bridgehead atoms. The number of piperidine rings is 1. The first-order valence-corrected chi connectivity index (χ1v) is 24.1. The molecular formula is C51H79NO15. The Hall–Kier alpha value is -3.77. The fourth-order valence-electron chi connectivity index (χ4n) is 9.93. The van der Waals surface area contributed by atoms with Crippen LogP contribution in [0.15, 0.2) is 35.5 Å². The molecule has 3 N–H and O–H groups in total. The molecule has 3 rings (SSSR count). The molecular weight excluding hydrogens is 867 g/mol. The number of aliphatic hydroxyl groups is 3. The van der Waals surface area contributed by atoms with Crippen LogP contribution in [0.1, 0.15) is 126 Å². The van der Waals surface area contributed by atoms with Crippen molar-refractivity contribution in [2.24, 2.45) is 35.5 Å². The summed E-state index contributed by atoms with van der Waals surface area (Å²) in [6, 6.07) is -1.19. The fraction of sp³-hybridized carbons (Fsp3) is 0.745. The molecule has 3 fully saturated rings. The predicted octanol–water partition coefficient (Wildman–Crippen LogP) is 5.01. The molecule has 2 aliphatic heterocycles. The van der Waals surface area contributed by atoms with Crippen molar-refractivity contribution in [2.75, 3.05) is 27.9 Å². The number of aldehydes is 2. The SMILES string of the molecule is CO[C@@H](C[C@@H]1CC[C@@H](C)[C@](O)(C(=O)C(=O)N2CCCC[C@H]2C(=O)O[C@@H](CC(=O)[C@H](C)/C=C(\C)[C@@H](O)[C@@H](OC)C(=O)[C@H](C)C[C@H](C)/C=C/C=O)[C@H](C)CC2CC[C@@H](O)[C@H](OC)C2)O1)/C(C)=C/C=O. The summed E-state index contributed by atoms with van der Waals surface area (Å²) in [5, 5.41) is 33.6. The molecule has 0 aromatic rings. The topological polar surface area (TPSA) is 230 Å². The van der Waals surface area contributed by atoms with E-state index in [2.05, 4.69) is 0 Å². The number of carbonyl (C=O) groups is 7. The third kappa shape index (κ3) is 15.9. The number of hydrogen-bond acceptors (Lipinski definition) is 15. The van der Waals surface area contributed by atoms with Gasteiger partial charge in [-0.3, -0.25) is 28.8 Å². The molecule has 0 spiro atoms. The van der Waals surface area contributed by atoms with Gasteiger partial charge in [0.25, 0.3) is 11.7 Å². The number of likely N-dealkylation sites (tertiary alicyclic amines) is 1. The minimum Gasteiger partial charge on any atom is -0.460 e. The van der Waals surface area contributed by atoms with Gasteiger partial charge in [-0.1, -0.05) is 46.8 Å². The Labute approximate surface area is 397 Å². The van der Waals surface area contributed by atoms with E-state index in [4.69, 9.17) is 23.7 Å². The van der Waals surface area contributed by atoms with Crippen LogP contribution >= 0.6 is 0 Å². The maximum Gasteiger partial charge on any atom is 0.329 e. The average Bonchev–Trinajstić information content (AvgIpc) is 3.30. The Morgan fingerprint density at radius 1 is 0.896 bits per heavy atom. The molecule has 0 radical (unpaired) electrons. The quantitative estimate of drug-likeness (QED) is 0.0341. The first-order chi connectivity index (χ1) is 31.7. The number of ether oxygens (including phenoxy) is 5. The van der Waals surface area contributed by atoms with Gasteiger partial charge in [-0.2, -0.15) is 0 Å². The van der Waals surface area contributed by atoms with E-state index in [-0.39, 0.29) is 61.2 Å². The first kappa shape index (κ1) is 57.5. The summed E-state index contributed by atoms with van der Waals surface area (Å²) in [5.74, 6) is -8.60. The van der Waals surface area contributed by atoms with E-state index < -0.39 is 83.9 Å². The van der Waals surface area contributed by atoms with E-state index in [0.29, 0.717) is 81.5 Å². The van der Waals surface area contributed by atoms with Crippen molar-refractivity contribution >= 4 is 41.8 Å². The molecule has 3 aliphatic rings. The molecule has 1 saturated carbocycles. The van der Waals surface area contributed by atoms with Crippen LogP contribution in [0, 0.1) is 35.5 Å². The molecule has 1 aliphatic carbocycles. The molecule has 2 saturated heterocycles. The van der Waals surface area contributed by atoms with Gasteiger partial charge in [0.05, 0.1) is 24.4 Å².